The minimum Gasteiger partial charge on any atom is -0.481 e. The van der Waals surface area contributed by atoms with Gasteiger partial charge in [0.15, 0.2) is 0 Å². The van der Waals surface area contributed by atoms with Crippen LogP contribution in [0.15, 0.2) is 42.6 Å². The maximum Gasteiger partial charge on any atom is 0.306 e. The normalized spacial score (nSPS) is 17.2. The van der Waals surface area contributed by atoms with Gasteiger partial charge in [0.25, 0.3) is 5.91 Å². The van der Waals surface area contributed by atoms with Crippen LogP contribution in [0.3, 0.4) is 0 Å². The smallest absolute Gasteiger partial charge is 0.306 e. The quantitative estimate of drug-likeness (QED) is 0.920. The van der Waals surface area contributed by atoms with Crippen LogP contribution < -0.4 is 9.80 Å². The fourth-order valence-corrected chi connectivity index (χ4v) is 3.85. The minimum absolute atomic E-state index is 0.0431. The molecule has 6 heteroatoms. The number of hydrogen-bond donors (Lipinski definition) is 1. The van der Waals surface area contributed by atoms with Crippen molar-refractivity contribution in [2.75, 3.05) is 29.4 Å². The molecule has 2 aromatic rings. The molecule has 1 fully saturated rings. The first kappa shape index (κ1) is 16.6. The summed E-state index contributed by atoms with van der Waals surface area (Å²) in [5.74, 6) is -0.431. The van der Waals surface area contributed by atoms with Crippen molar-refractivity contribution >= 4 is 23.4 Å². The molecular weight excluding hydrogens is 330 g/mol. The number of amides is 1. The molecule has 0 aliphatic carbocycles. The number of pyridine rings is 1. The molecule has 1 N–H and O–H groups in total. The topological polar surface area (TPSA) is 73.7 Å². The summed E-state index contributed by atoms with van der Waals surface area (Å²) >= 11 is 0. The van der Waals surface area contributed by atoms with E-state index in [1.807, 2.05) is 34.1 Å². The van der Waals surface area contributed by atoms with Gasteiger partial charge < -0.3 is 14.9 Å². The molecule has 0 atom stereocenters. The Hall–Kier alpha value is -2.89. The van der Waals surface area contributed by atoms with E-state index in [-0.39, 0.29) is 11.8 Å². The second-order valence-electron chi connectivity index (χ2n) is 6.81. The number of piperidine rings is 1. The van der Waals surface area contributed by atoms with E-state index in [1.54, 1.807) is 12.3 Å². The standard InChI is InChI=1S/C20H21N3O3/c24-19(23-13-9-14-4-1-2-6-17(14)23)16-5-3-10-21-18(16)22-11-7-15(8-12-22)20(25)26/h1-6,10,15H,7-9,11-13H2,(H,25,26). The number of fused-ring (bicyclic) bond motifs is 1. The molecule has 2 aliphatic heterocycles. The van der Waals surface area contributed by atoms with Crippen molar-refractivity contribution < 1.29 is 14.7 Å². The number of rotatable bonds is 3. The van der Waals surface area contributed by atoms with E-state index in [0.717, 1.165) is 12.1 Å². The van der Waals surface area contributed by atoms with Crippen molar-refractivity contribution in [2.24, 2.45) is 5.92 Å². The highest BCUT2D eigenvalue weighted by Crippen LogP contribution is 2.31. The predicted octanol–water partition coefficient (Wildman–Crippen LogP) is 2.59. The van der Waals surface area contributed by atoms with Crippen LogP contribution in [0.5, 0.6) is 0 Å². The summed E-state index contributed by atoms with van der Waals surface area (Å²) in [6.45, 7) is 1.88. The molecule has 26 heavy (non-hydrogen) atoms. The number of carboxylic acid groups (broad SMARTS) is 1. The van der Waals surface area contributed by atoms with E-state index in [4.69, 9.17) is 0 Å². The Bertz CT molecular complexity index is 844. The van der Waals surface area contributed by atoms with Gasteiger partial charge in [0, 0.05) is 31.5 Å². The number of carbonyl (C=O) groups excluding carboxylic acids is 1. The summed E-state index contributed by atoms with van der Waals surface area (Å²) in [5, 5.41) is 9.18. The summed E-state index contributed by atoms with van der Waals surface area (Å²) in [4.78, 5) is 32.7. The molecule has 0 radical (unpaired) electrons. The average molecular weight is 351 g/mol. The Labute approximate surface area is 152 Å². The molecule has 0 saturated carbocycles. The maximum absolute atomic E-state index is 13.2. The molecule has 0 spiro atoms. The summed E-state index contributed by atoms with van der Waals surface area (Å²) in [7, 11) is 0. The molecule has 2 aliphatic rings. The van der Waals surface area contributed by atoms with E-state index in [2.05, 4.69) is 11.1 Å². The first-order chi connectivity index (χ1) is 12.6. The lowest BCUT2D eigenvalue weighted by Gasteiger charge is -2.32. The summed E-state index contributed by atoms with van der Waals surface area (Å²) < 4.78 is 0. The molecule has 0 bridgehead atoms. The lowest BCUT2D eigenvalue weighted by molar-refractivity contribution is -0.142. The zero-order chi connectivity index (χ0) is 18.1. The molecular formula is C20H21N3O3. The number of para-hydroxylation sites is 1. The third kappa shape index (κ3) is 2.92. The van der Waals surface area contributed by atoms with Gasteiger partial charge in [0.1, 0.15) is 5.82 Å². The van der Waals surface area contributed by atoms with Gasteiger partial charge in [-0.15, -0.1) is 0 Å². The van der Waals surface area contributed by atoms with Crippen molar-refractivity contribution in [3.63, 3.8) is 0 Å². The SMILES string of the molecule is O=C(O)C1CCN(c2ncccc2C(=O)N2CCc3ccccc32)CC1. The fraction of sp³-hybridized carbons (Fsp3) is 0.350. The third-order valence-electron chi connectivity index (χ3n) is 5.29. The van der Waals surface area contributed by atoms with Crippen LogP contribution in [0, 0.1) is 5.92 Å². The maximum atomic E-state index is 13.2. The highest BCUT2D eigenvalue weighted by Gasteiger charge is 2.30. The van der Waals surface area contributed by atoms with Crippen molar-refractivity contribution in [3.05, 3.63) is 53.7 Å². The van der Waals surface area contributed by atoms with Gasteiger partial charge in [-0.1, -0.05) is 18.2 Å². The summed E-state index contributed by atoms with van der Waals surface area (Å²) in [6, 6.07) is 11.6. The second-order valence-corrected chi connectivity index (χ2v) is 6.81. The van der Waals surface area contributed by atoms with Crippen LogP contribution in [-0.4, -0.2) is 41.6 Å². The van der Waals surface area contributed by atoms with Crippen LogP contribution in [0.2, 0.25) is 0 Å². The second kappa shape index (κ2) is 6.78. The number of aliphatic carboxylic acids is 1. The van der Waals surface area contributed by atoms with Gasteiger partial charge in [0.05, 0.1) is 11.5 Å². The van der Waals surface area contributed by atoms with Crippen molar-refractivity contribution in [3.8, 4) is 0 Å². The van der Waals surface area contributed by atoms with E-state index < -0.39 is 5.97 Å². The Morgan fingerprint density at radius 1 is 1.04 bits per heavy atom. The van der Waals surface area contributed by atoms with E-state index in [9.17, 15) is 14.7 Å². The molecule has 1 aromatic heterocycles. The monoisotopic (exact) mass is 351 g/mol. The Balaban J connectivity index is 1.59. The first-order valence-corrected chi connectivity index (χ1v) is 8.97. The largest absolute Gasteiger partial charge is 0.481 e. The van der Waals surface area contributed by atoms with Gasteiger partial charge in [0.2, 0.25) is 0 Å². The summed E-state index contributed by atoms with van der Waals surface area (Å²) in [5.41, 5.74) is 2.74. The van der Waals surface area contributed by atoms with Crippen LogP contribution in [0.4, 0.5) is 11.5 Å². The highest BCUT2D eigenvalue weighted by atomic mass is 16.4. The van der Waals surface area contributed by atoms with Gasteiger partial charge in [-0.3, -0.25) is 9.59 Å². The predicted molar refractivity (Wildman–Crippen MR) is 98.6 cm³/mol. The lowest BCUT2D eigenvalue weighted by atomic mass is 9.97. The lowest BCUT2D eigenvalue weighted by Crippen LogP contribution is -2.38. The third-order valence-corrected chi connectivity index (χ3v) is 5.29. The number of hydrogen-bond acceptors (Lipinski definition) is 4. The van der Waals surface area contributed by atoms with Crippen molar-refractivity contribution in [1.82, 2.24) is 4.98 Å². The van der Waals surface area contributed by atoms with Gasteiger partial charge >= 0.3 is 5.97 Å². The zero-order valence-electron chi connectivity index (χ0n) is 14.5. The summed E-state index contributed by atoms with van der Waals surface area (Å²) in [6.07, 6.45) is 3.70. The molecule has 4 rings (SSSR count). The van der Waals surface area contributed by atoms with E-state index in [1.165, 1.54) is 5.56 Å². The van der Waals surface area contributed by atoms with Crippen LogP contribution in [0.25, 0.3) is 0 Å². The molecule has 3 heterocycles. The molecule has 0 unspecified atom stereocenters. The number of carboxylic acids is 1. The average Bonchev–Trinajstić information content (AvgIpc) is 3.11. The molecule has 1 aromatic carbocycles. The number of carbonyl (C=O) groups is 2. The fourth-order valence-electron chi connectivity index (χ4n) is 3.85. The van der Waals surface area contributed by atoms with Crippen LogP contribution >= 0.6 is 0 Å². The number of benzene rings is 1. The van der Waals surface area contributed by atoms with Gasteiger partial charge in [-0.2, -0.15) is 0 Å². The number of aromatic nitrogens is 1. The molecule has 134 valence electrons. The Morgan fingerprint density at radius 2 is 1.81 bits per heavy atom. The zero-order valence-corrected chi connectivity index (χ0v) is 14.5. The minimum atomic E-state index is -0.740. The van der Waals surface area contributed by atoms with Crippen LogP contribution in [-0.2, 0) is 11.2 Å². The Morgan fingerprint density at radius 3 is 2.58 bits per heavy atom. The number of nitrogens with zero attached hydrogens (tertiary/aromatic N) is 3. The Kier molecular flexibility index (Phi) is 4.32. The first-order valence-electron chi connectivity index (χ1n) is 8.97. The van der Waals surface area contributed by atoms with E-state index in [0.29, 0.717) is 43.9 Å². The van der Waals surface area contributed by atoms with E-state index >= 15 is 0 Å². The molecule has 1 amide bonds. The van der Waals surface area contributed by atoms with Gasteiger partial charge in [-0.05, 0) is 43.0 Å². The number of anilines is 2. The van der Waals surface area contributed by atoms with Crippen molar-refractivity contribution in [1.29, 1.82) is 0 Å². The van der Waals surface area contributed by atoms with Crippen LogP contribution in [0.1, 0.15) is 28.8 Å². The van der Waals surface area contributed by atoms with Crippen molar-refractivity contribution in [2.45, 2.75) is 19.3 Å². The molecule has 6 nitrogen and oxygen atoms in total. The highest BCUT2D eigenvalue weighted by molar-refractivity contribution is 6.10. The molecule has 1 saturated heterocycles. The van der Waals surface area contributed by atoms with Gasteiger partial charge in [-0.25, -0.2) is 4.98 Å².